The van der Waals surface area contributed by atoms with Gasteiger partial charge in [-0.25, -0.2) is 9.97 Å². The van der Waals surface area contributed by atoms with E-state index >= 15 is 0 Å². The van der Waals surface area contributed by atoms with Crippen LogP contribution in [0.25, 0.3) is 21.8 Å². The summed E-state index contributed by atoms with van der Waals surface area (Å²) >= 11 is 12.1. The summed E-state index contributed by atoms with van der Waals surface area (Å²) in [5.41, 5.74) is 1.66. The van der Waals surface area contributed by atoms with Crippen molar-refractivity contribution in [3.05, 3.63) is 45.7 Å². The lowest BCUT2D eigenvalue weighted by molar-refractivity contribution is 0.111. The van der Waals surface area contributed by atoms with Gasteiger partial charge in [0.15, 0.2) is 12.6 Å². The molecule has 3 aromatic rings. The fraction of sp³-hybridized carbons (Fsp3) is 0. The first-order valence-corrected chi connectivity index (χ1v) is 6.40. The van der Waals surface area contributed by atoms with Gasteiger partial charge in [0.05, 0.1) is 21.6 Å². The molecule has 0 spiro atoms. The number of aldehydes is 2. The molecule has 0 N–H and O–H groups in total. The molecule has 0 unspecified atom stereocenters. The monoisotopic (exact) mass is 304 g/mol. The molecule has 0 radical (unpaired) electrons. The van der Waals surface area contributed by atoms with Crippen molar-refractivity contribution in [2.75, 3.05) is 0 Å². The molecule has 0 atom stereocenters. The summed E-state index contributed by atoms with van der Waals surface area (Å²) in [7, 11) is 0. The van der Waals surface area contributed by atoms with Gasteiger partial charge in [-0.3, -0.25) is 9.59 Å². The summed E-state index contributed by atoms with van der Waals surface area (Å²) in [4.78, 5) is 30.1. The van der Waals surface area contributed by atoms with Crippen LogP contribution < -0.4 is 0 Å². The van der Waals surface area contributed by atoms with Crippen LogP contribution in [0, 0.1) is 0 Å². The molecule has 0 aliphatic carbocycles. The van der Waals surface area contributed by atoms with Crippen LogP contribution >= 0.6 is 23.2 Å². The molecule has 20 heavy (non-hydrogen) atoms. The molecule has 0 bridgehead atoms. The quantitative estimate of drug-likeness (QED) is 0.411. The molecule has 0 aliphatic heterocycles. The highest BCUT2D eigenvalue weighted by Gasteiger charge is 2.14. The molecule has 98 valence electrons. The largest absolute Gasteiger partial charge is 0.298 e. The van der Waals surface area contributed by atoms with Crippen LogP contribution in [0.2, 0.25) is 10.2 Å². The van der Waals surface area contributed by atoms with Crippen LogP contribution in [-0.2, 0) is 0 Å². The van der Waals surface area contributed by atoms with Crippen LogP contribution in [0.5, 0.6) is 0 Å². The highest BCUT2D eigenvalue weighted by molar-refractivity contribution is 6.42. The lowest BCUT2D eigenvalue weighted by Gasteiger charge is -2.07. The van der Waals surface area contributed by atoms with Gasteiger partial charge in [0.1, 0.15) is 10.8 Å². The van der Waals surface area contributed by atoms with E-state index in [1.54, 1.807) is 24.3 Å². The first-order valence-electron chi connectivity index (χ1n) is 5.64. The van der Waals surface area contributed by atoms with Crippen molar-refractivity contribution in [1.82, 2.24) is 9.97 Å². The Morgan fingerprint density at radius 3 is 2.35 bits per heavy atom. The molecule has 0 saturated heterocycles. The molecule has 0 saturated carbocycles. The summed E-state index contributed by atoms with van der Waals surface area (Å²) in [6, 6.07) is 6.75. The average Bonchev–Trinajstić information content (AvgIpc) is 2.46. The van der Waals surface area contributed by atoms with Crippen molar-refractivity contribution in [3.8, 4) is 0 Å². The lowest BCUT2D eigenvalue weighted by atomic mass is 10.1. The third-order valence-corrected chi connectivity index (χ3v) is 3.70. The fourth-order valence-corrected chi connectivity index (χ4v) is 2.62. The summed E-state index contributed by atoms with van der Waals surface area (Å²) < 4.78 is 0. The number of halogens is 2. The third-order valence-electron chi connectivity index (χ3n) is 3.01. The zero-order valence-corrected chi connectivity index (χ0v) is 11.4. The van der Waals surface area contributed by atoms with Crippen molar-refractivity contribution in [1.29, 1.82) is 0 Å². The summed E-state index contributed by atoms with van der Waals surface area (Å²) in [6.07, 6.45) is 1.25. The van der Waals surface area contributed by atoms with E-state index in [0.717, 1.165) is 0 Å². The molecular weight excluding hydrogens is 299 g/mol. The Balaban J connectivity index is 2.48. The summed E-state index contributed by atoms with van der Waals surface area (Å²) in [5, 5.41) is 1.64. The molecule has 6 heteroatoms. The Hall–Kier alpha value is -2.04. The Morgan fingerprint density at radius 1 is 0.900 bits per heavy atom. The predicted octanol–water partition coefficient (Wildman–Crippen LogP) is 3.71. The number of carbonyl (C=O) groups excluding carboxylic acids is 2. The molecular formula is C14H6Cl2N2O2. The lowest BCUT2D eigenvalue weighted by Crippen LogP contribution is -1.94. The first kappa shape index (κ1) is 13.0. The van der Waals surface area contributed by atoms with Gasteiger partial charge >= 0.3 is 0 Å². The smallest absolute Gasteiger partial charge is 0.168 e. The molecule has 4 nitrogen and oxygen atoms in total. The number of hydrogen-bond acceptors (Lipinski definition) is 4. The Bertz CT molecular complexity index is 878. The van der Waals surface area contributed by atoms with E-state index in [1.165, 1.54) is 0 Å². The zero-order valence-electron chi connectivity index (χ0n) is 9.93. The maximum absolute atomic E-state index is 11.0. The highest BCUT2D eigenvalue weighted by atomic mass is 35.5. The maximum Gasteiger partial charge on any atom is 0.168 e. The van der Waals surface area contributed by atoms with Gasteiger partial charge in [-0.1, -0.05) is 23.2 Å². The first-order chi connectivity index (χ1) is 9.65. The SMILES string of the molecule is O=Cc1ccc2c(ccc3c(Cl)c(C=O)c(Cl)nc32)n1. The van der Waals surface area contributed by atoms with Gasteiger partial charge in [0.2, 0.25) is 0 Å². The van der Waals surface area contributed by atoms with Crippen LogP contribution in [0.1, 0.15) is 20.8 Å². The standard InChI is InChI=1S/C14H6Cl2N2O2/c15-12-9-3-4-11-8(2-1-7(5-19)17-11)13(9)18-14(16)10(12)6-20/h1-6H. The van der Waals surface area contributed by atoms with E-state index in [4.69, 9.17) is 23.2 Å². The summed E-state index contributed by atoms with van der Waals surface area (Å²) in [5.74, 6) is 0. The van der Waals surface area contributed by atoms with E-state index in [-0.39, 0.29) is 15.7 Å². The van der Waals surface area contributed by atoms with Crippen molar-refractivity contribution in [2.45, 2.75) is 0 Å². The van der Waals surface area contributed by atoms with E-state index in [2.05, 4.69) is 9.97 Å². The Labute approximate surface area is 123 Å². The number of rotatable bonds is 2. The van der Waals surface area contributed by atoms with Gasteiger partial charge in [0, 0.05) is 10.8 Å². The summed E-state index contributed by atoms with van der Waals surface area (Å²) in [6.45, 7) is 0. The van der Waals surface area contributed by atoms with Crippen molar-refractivity contribution < 1.29 is 9.59 Å². The second kappa shape index (κ2) is 4.81. The molecule has 1 aromatic carbocycles. The minimum absolute atomic E-state index is 0.0458. The van der Waals surface area contributed by atoms with Crippen molar-refractivity contribution >= 4 is 57.6 Å². The number of fused-ring (bicyclic) bond motifs is 3. The zero-order chi connectivity index (χ0) is 14.3. The average molecular weight is 305 g/mol. The maximum atomic E-state index is 11.0. The number of carbonyl (C=O) groups is 2. The van der Waals surface area contributed by atoms with Gasteiger partial charge in [0.25, 0.3) is 0 Å². The predicted molar refractivity (Wildman–Crippen MR) is 77.8 cm³/mol. The van der Waals surface area contributed by atoms with Gasteiger partial charge in [-0.15, -0.1) is 0 Å². The van der Waals surface area contributed by atoms with E-state index in [9.17, 15) is 9.59 Å². The third kappa shape index (κ3) is 1.85. The van der Waals surface area contributed by atoms with Crippen LogP contribution in [0.3, 0.4) is 0 Å². The van der Waals surface area contributed by atoms with Crippen LogP contribution in [-0.4, -0.2) is 22.5 Å². The molecule has 3 rings (SSSR count). The highest BCUT2D eigenvalue weighted by Crippen LogP contribution is 2.33. The number of nitrogens with zero attached hydrogens (tertiary/aromatic N) is 2. The van der Waals surface area contributed by atoms with E-state index in [1.807, 2.05) is 0 Å². The van der Waals surface area contributed by atoms with E-state index in [0.29, 0.717) is 40.1 Å². The normalized spacial score (nSPS) is 10.9. The van der Waals surface area contributed by atoms with E-state index < -0.39 is 0 Å². The number of pyridine rings is 2. The van der Waals surface area contributed by atoms with Gasteiger partial charge in [-0.2, -0.15) is 0 Å². The molecule has 2 heterocycles. The van der Waals surface area contributed by atoms with Crippen molar-refractivity contribution in [3.63, 3.8) is 0 Å². The molecule has 0 aliphatic rings. The minimum atomic E-state index is 0.0458. The van der Waals surface area contributed by atoms with Crippen LogP contribution in [0.15, 0.2) is 24.3 Å². The van der Waals surface area contributed by atoms with Gasteiger partial charge < -0.3 is 0 Å². The Kier molecular flexibility index (Phi) is 3.12. The van der Waals surface area contributed by atoms with Crippen LogP contribution in [0.4, 0.5) is 0 Å². The second-order valence-electron chi connectivity index (χ2n) is 4.13. The Morgan fingerprint density at radius 2 is 1.65 bits per heavy atom. The molecule has 2 aromatic heterocycles. The molecule has 0 amide bonds. The number of hydrogen-bond donors (Lipinski definition) is 0. The molecule has 0 fully saturated rings. The van der Waals surface area contributed by atoms with Crippen molar-refractivity contribution in [2.24, 2.45) is 0 Å². The number of aromatic nitrogens is 2. The minimum Gasteiger partial charge on any atom is -0.298 e. The topological polar surface area (TPSA) is 59.9 Å². The second-order valence-corrected chi connectivity index (χ2v) is 4.87. The van der Waals surface area contributed by atoms with Gasteiger partial charge in [-0.05, 0) is 24.3 Å². The number of benzene rings is 1. The fourth-order valence-electron chi connectivity index (χ4n) is 2.06.